The summed E-state index contributed by atoms with van der Waals surface area (Å²) < 4.78 is 10.6. The summed E-state index contributed by atoms with van der Waals surface area (Å²) in [6.07, 6.45) is 0.966. The van der Waals surface area contributed by atoms with Gasteiger partial charge < -0.3 is 25.0 Å². The van der Waals surface area contributed by atoms with Crippen LogP contribution in [0.3, 0.4) is 0 Å². The topological polar surface area (TPSA) is 75.2 Å². The highest BCUT2D eigenvalue weighted by Crippen LogP contribution is 2.25. The molecule has 7 nitrogen and oxygen atoms in total. The molecule has 1 aromatic rings. The molecule has 0 atom stereocenters. The first-order valence-electron chi connectivity index (χ1n) is 7.95. The van der Waals surface area contributed by atoms with Crippen molar-refractivity contribution in [3.63, 3.8) is 0 Å². The fraction of sp³-hybridized carbons (Fsp3) is 0.529. The zero-order valence-corrected chi connectivity index (χ0v) is 15.2. The Bertz CT molecular complexity index is 559. The van der Waals surface area contributed by atoms with Crippen LogP contribution in [-0.4, -0.2) is 58.2 Å². The fourth-order valence-electron chi connectivity index (χ4n) is 1.88. The maximum absolute atomic E-state index is 11.7. The summed E-state index contributed by atoms with van der Waals surface area (Å²) in [5.74, 6) is 2.05. The maximum Gasteiger partial charge on any atom is 0.241 e. The van der Waals surface area contributed by atoms with Crippen molar-refractivity contribution in [3.05, 3.63) is 23.8 Å². The van der Waals surface area contributed by atoms with E-state index in [0.29, 0.717) is 12.5 Å². The molecular formula is C17H28N4O3. The summed E-state index contributed by atoms with van der Waals surface area (Å²) in [6, 6.07) is 5.62. The van der Waals surface area contributed by atoms with E-state index in [9.17, 15) is 4.79 Å². The first-order chi connectivity index (χ1) is 11.5. The van der Waals surface area contributed by atoms with E-state index in [-0.39, 0.29) is 12.5 Å². The van der Waals surface area contributed by atoms with Crippen molar-refractivity contribution in [2.45, 2.75) is 19.9 Å². The van der Waals surface area contributed by atoms with Crippen LogP contribution in [0.5, 0.6) is 11.5 Å². The molecule has 0 saturated heterocycles. The molecule has 0 radical (unpaired) electrons. The molecule has 0 bridgehead atoms. The highest BCUT2D eigenvalue weighted by Gasteiger charge is 2.07. The van der Waals surface area contributed by atoms with E-state index in [1.807, 2.05) is 18.2 Å². The molecule has 0 spiro atoms. The number of aliphatic imine (C=N–C) groups is 1. The Morgan fingerprint density at radius 3 is 2.54 bits per heavy atom. The van der Waals surface area contributed by atoms with Gasteiger partial charge in [-0.1, -0.05) is 6.92 Å². The number of methoxy groups -OCH3 is 2. The molecule has 2 N–H and O–H groups in total. The summed E-state index contributed by atoms with van der Waals surface area (Å²) in [5.41, 5.74) is 0.940. The summed E-state index contributed by atoms with van der Waals surface area (Å²) in [6.45, 7) is 3.48. The highest BCUT2D eigenvalue weighted by molar-refractivity contribution is 5.86. The molecule has 0 aromatic heterocycles. The lowest BCUT2D eigenvalue weighted by Crippen LogP contribution is -2.43. The van der Waals surface area contributed by atoms with Crippen LogP contribution in [0.1, 0.15) is 18.9 Å². The van der Waals surface area contributed by atoms with Gasteiger partial charge in [0.1, 0.15) is 11.5 Å². The lowest BCUT2D eigenvalue weighted by atomic mass is 10.2. The van der Waals surface area contributed by atoms with Crippen molar-refractivity contribution < 1.29 is 14.3 Å². The lowest BCUT2D eigenvalue weighted by Gasteiger charge is -2.15. The van der Waals surface area contributed by atoms with Crippen LogP contribution in [0.15, 0.2) is 23.2 Å². The van der Waals surface area contributed by atoms with Crippen molar-refractivity contribution >= 4 is 11.9 Å². The van der Waals surface area contributed by atoms with E-state index in [1.165, 1.54) is 4.90 Å². The molecule has 0 heterocycles. The van der Waals surface area contributed by atoms with E-state index >= 15 is 0 Å². The predicted molar refractivity (Wildman–Crippen MR) is 95.7 cm³/mol. The van der Waals surface area contributed by atoms with Crippen molar-refractivity contribution in [1.29, 1.82) is 0 Å². The van der Waals surface area contributed by atoms with Gasteiger partial charge >= 0.3 is 0 Å². The van der Waals surface area contributed by atoms with Gasteiger partial charge in [0.05, 0.1) is 27.3 Å². The average Bonchev–Trinajstić information content (AvgIpc) is 2.60. The summed E-state index contributed by atoms with van der Waals surface area (Å²) in [4.78, 5) is 17.8. The fourth-order valence-corrected chi connectivity index (χ4v) is 1.88. The van der Waals surface area contributed by atoms with Gasteiger partial charge in [-0.15, -0.1) is 0 Å². The maximum atomic E-state index is 11.7. The number of hydrogen-bond acceptors (Lipinski definition) is 4. The third kappa shape index (κ3) is 6.36. The van der Waals surface area contributed by atoms with Crippen LogP contribution in [0.4, 0.5) is 0 Å². The van der Waals surface area contributed by atoms with Crippen LogP contribution in [0, 0.1) is 0 Å². The molecule has 0 aliphatic heterocycles. The SMILES string of the molecule is CCCNC(=NCc1ccc(OC)cc1OC)NCC(=O)N(C)C. The molecule has 0 saturated carbocycles. The number of rotatable bonds is 8. The molecule has 0 aliphatic rings. The van der Waals surface area contributed by atoms with Crippen LogP contribution in [0.25, 0.3) is 0 Å². The van der Waals surface area contributed by atoms with E-state index in [2.05, 4.69) is 22.5 Å². The largest absolute Gasteiger partial charge is 0.497 e. The Morgan fingerprint density at radius 1 is 1.21 bits per heavy atom. The van der Waals surface area contributed by atoms with Gasteiger partial charge in [-0.3, -0.25) is 4.79 Å². The van der Waals surface area contributed by atoms with Gasteiger partial charge in [0, 0.05) is 32.3 Å². The minimum atomic E-state index is -0.0111. The zero-order valence-electron chi connectivity index (χ0n) is 15.2. The van der Waals surface area contributed by atoms with Crippen LogP contribution in [0.2, 0.25) is 0 Å². The number of benzene rings is 1. The molecule has 0 unspecified atom stereocenters. The van der Waals surface area contributed by atoms with Crippen LogP contribution in [-0.2, 0) is 11.3 Å². The first kappa shape index (κ1) is 19.6. The van der Waals surface area contributed by atoms with E-state index < -0.39 is 0 Å². The van der Waals surface area contributed by atoms with Gasteiger partial charge in [-0.05, 0) is 18.6 Å². The van der Waals surface area contributed by atoms with Gasteiger partial charge in [0.15, 0.2) is 5.96 Å². The van der Waals surface area contributed by atoms with Crippen LogP contribution >= 0.6 is 0 Å². The second-order valence-corrected chi connectivity index (χ2v) is 5.41. The number of nitrogens with one attached hydrogen (secondary N) is 2. The Hall–Kier alpha value is -2.44. The van der Waals surface area contributed by atoms with E-state index in [4.69, 9.17) is 9.47 Å². The van der Waals surface area contributed by atoms with E-state index in [1.54, 1.807) is 28.3 Å². The smallest absolute Gasteiger partial charge is 0.241 e. The normalized spacial score (nSPS) is 11.0. The highest BCUT2D eigenvalue weighted by atomic mass is 16.5. The molecule has 24 heavy (non-hydrogen) atoms. The molecule has 0 aliphatic carbocycles. The number of carbonyl (C=O) groups is 1. The number of ether oxygens (including phenoxy) is 2. The zero-order chi connectivity index (χ0) is 17.9. The monoisotopic (exact) mass is 336 g/mol. The Morgan fingerprint density at radius 2 is 1.96 bits per heavy atom. The number of hydrogen-bond donors (Lipinski definition) is 2. The molecule has 134 valence electrons. The molecule has 0 fully saturated rings. The third-order valence-corrected chi connectivity index (χ3v) is 3.35. The third-order valence-electron chi connectivity index (χ3n) is 3.35. The van der Waals surface area contributed by atoms with Gasteiger partial charge in [0.25, 0.3) is 0 Å². The number of likely N-dealkylation sites (N-methyl/N-ethyl adjacent to an activating group) is 1. The second kappa shape index (κ2) is 10.4. The number of nitrogens with zero attached hydrogens (tertiary/aromatic N) is 2. The lowest BCUT2D eigenvalue weighted by molar-refractivity contribution is -0.127. The van der Waals surface area contributed by atoms with Gasteiger partial charge in [-0.2, -0.15) is 0 Å². The standard InChI is InChI=1S/C17H28N4O3/c1-6-9-18-17(20-12-16(22)21(2)3)19-11-13-7-8-14(23-4)10-15(13)24-5/h7-8,10H,6,9,11-12H2,1-5H3,(H2,18,19,20). The second-order valence-electron chi connectivity index (χ2n) is 5.41. The summed E-state index contributed by atoms with van der Waals surface area (Å²) in [5, 5.41) is 6.24. The number of amides is 1. The summed E-state index contributed by atoms with van der Waals surface area (Å²) in [7, 11) is 6.68. The molecule has 1 amide bonds. The number of guanidine groups is 1. The molecular weight excluding hydrogens is 308 g/mol. The van der Waals surface area contributed by atoms with Crippen molar-refractivity contribution in [2.75, 3.05) is 41.4 Å². The van der Waals surface area contributed by atoms with Crippen molar-refractivity contribution in [1.82, 2.24) is 15.5 Å². The summed E-state index contributed by atoms with van der Waals surface area (Å²) >= 11 is 0. The predicted octanol–water partition coefficient (Wildman–Crippen LogP) is 1.24. The molecule has 1 aromatic carbocycles. The van der Waals surface area contributed by atoms with Crippen molar-refractivity contribution in [3.8, 4) is 11.5 Å². The quantitative estimate of drug-likeness (QED) is 0.552. The Balaban J connectivity index is 2.80. The first-order valence-corrected chi connectivity index (χ1v) is 7.95. The van der Waals surface area contributed by atoms with Crippen molar-refractivity contribution in [2.24, 2.45) is 4.99 Å². The molecule has 1 rings (SSSR count). The van der Waals surface area contributed by atoms with E-state index in [0.717, 1.165) is 30.0 Å². The minimum absolute atomic E-state index is 0.0111. The van der Waals surface area contributed by atoms with Gasteiger partial charge in [0.2, 0.25) is 5.91 Å². The Kier molecular flexibility index (Phi) is 8.46. The average molecular weight is 336 g/mol. The van der Waals surface area contributed by atoms with Gasteiger partial charge in [-0.25, -0.2) is 4.99 Å². The van der Waals surface area contributed by atoms with Crippen LogP contribution < -0.4 is 20.1 Å². The minimum Gasteiger partial charge on any atom is -0.497 e. The molecule has 7 heteroatoms. The number of carbonyl (C=O) groups excluding carboxylic acids is 1. The Labute approximate surface area is 144 Å².